The van der Waals surface area contributed by atoms with Crippen molar-refractivity contribution in [3.05, 3.63) is 29.8 Å². The van der Waals surface area contributed by atoms with Gasteiger partial charge in [-0.1, -0.05) is 32.0 Å². The minimum absolute atomic E-state index is 0.296. The van der Waals surface area contributed by atoms with Crippen LogP contribution in [-0.4, -0.2) is 35.8 Å². The third-order valence-electron chi connectivity index (χ3n) is 3.75. The van der Waals surface area contributed by atoms with Crippen molar-refractivity contribution in [1.29, 1.82) is 0 Å². The maximum atomic E-state index is 10.0. The third-order valence-corrected chi connectivity index (χ3v) is 3.75. The van der Waals surface area contributed by atoms with Crippen molar-refractivity contribution in [2.45, 2.75) is 38.8 Å². The first-order valence-corrected chi connectivity index (χ1v) is 6.89. The van der Waals surface area contributed by atoms with Crippen LogP contribution in [0.4, 0.5) is 0 Å². The summed E-state index contributed by atoms with van der Waals surface area (Å²) >= 11 is 0. The Hall–Kier alpha value is -1.06. The predicted molar refractivity (Wildman–Crippen MR) is 72.7 cm³/mol. The summed E-state index contributed by atoms with van der Waals surface area (Å²) in [7, 11) is 0. The van der Waals surface area contributed by atoms with E-state index in [0.29, 0.717) is 17.9 Å². The van der Waals surface area contributed by atoms with Gasteiger partial charge >= 0.3 is 0 Å². The van der Waals surface area contributed by atoms with E-state index in [1.807, 2.05) is 18.2 Å². The minimum atomic E-state index is 0.296. The average Bonchev–Trinajstić information content (AvgIpc) is 2.42. The van der Waals surface area contributed by atoms with Crippen LogP contribution in [0.15, 0.2) is 24.3 Å². The normalized spacial score (nSPS) is 22.9. The average molecular weight is 249 g/mol. The quantitative estimate of drug-likeness (QED) is 0.890. The number of phenolic OH excluding ortho intramolecular Hbond substituents is 1. The summed E-state index contributed by atoms with van der Waals surface area (Å²) in [5, 5.41) is 10.0. The monoisotopic (exact) mass is 249 g/mol. The van der Waals surface area contributed by atoms with E-state index in [1.54, 1.807) is 6.07 Å². The summed E-state index contributed by atoms with van der Waals surface area (Å²) in [6.45, 7) is 7.04. The third kappa shape index (κ3) is 2.85. The maximum absolute atomic E-state index is 10.0. The Morgan fingerprint density at radius 2 is 2.17 bits per heavy atom. The molecule has 1 heterocycles. The highest BCUT2D eigenvalue weighted by atomic mass is 16.5. The minimum Gasteiger partial charge on any atom is -0.508 e. The van der Waals surface area contributed by atoms with Gasteiger partial charge < -0.3 is 9.84 Å². The number of benzene rings is 1. The molecule has 100 valence electrons. The van der Waals surface area contributed by atoms with Gasteiger partial charge in [-0.2, -0.15) is 0 Å². The highest BCUT2D eigenvalue weighted by molar-refractivity contribution is 5.34. The van der Waals surface area contributed by atoms with Crippen molar-refractivity contribution in [2.24, 2.45) is 0 Å². The molecule has 1 N–H and O–H groups in total. The molecule has 0 bridgehead atoms. The highest BCUT2D eigenvalue weighted by Gasteiger charge is 2.26. The zero-order valence-corrected chi connectivity index (χ0v) is 11.3. The Labute approximate surface area is 109 Å². The van der Waals surface area contributed by atoms with Gasteiger partial charge in [-0.3, -0.25) is 4.90 Å². The van der Waals surface area contributed by atoms with E-state index in [9.17, 15) is 5.11 Å². The molecule has 2 atom stereocenters. The number of phenols is 1. The molecule has 1 aliphatic rings. The van der Waals surface area contributed by atoms with E-state index in [2.05, 4.69) is 18.7 Å². The van der Waals surface area contributed by atoms with E-state index in [0.717, 1.165) is 38.1 Å². The van der Waals surface area contributed by atoms with E-state index in [4.69, 9.17) is 4.74 Å². The first kappa shape index (κ1) is 13.4. The van der Waals surface area contributed by atoms with Crippen molar-refractivity contribution in [3.8, 4) is 5.75 Å². The van der Waals surface area contributed by atoms with Gasteiger partial charge in [0, 0.05) is 24.7 Å². The summed E-state index contributed by atoms with van der Waals surface area (Å²) in [6, 6.07) is 7.97. The van der Waals surface area contributed by atoms with Crippen molar-refractivity contribution in [2.75, 3.05) is 19.7 Å². The molecule has 0 radical (unpaired) electrons. The fourth-order valence-corrected chi connectivity index (χ4v) is 2.72. The lowest BCUT2D eigenvalue weighted by Crippen LogP contribution is -2.43. The number of morpholine rings is 1. The molecule has 1 aromatic rings. The van der Waals surface area contributed by atoms with Gasteiger partial charge in [0.15, 0.2) is 0 Å². The first-order valence-electron chi connectivity index (χ1n) is 6.89. The van der Waals surface area contributed by atoms with Crippen molar-refractivity contribution in [1.82, 2.24) is 4.90 Å². The Balaban J connectivity index is 2.15. The molecule has 2 rings (SSSR count). The van der Waals surface area contributed by atoms with Gasteiger partial charge in [0.25, 0.3) is 0 Å². The van der Waals surface area contributed by atoms with Crippen LogP contribution in [-0.2, 0) is 4.74 Å². The van der Waals surface area contributed by atoms with Crippen LogP contribution >= 0.6 is 0 Å². The summed E-state index contributed by atoms with van der Waals surface area (Å²) in [5.41, 5.74) is 1.04. The molecule has 2 unspecified atom stereocenters. The van der Waals surface area contributed by atoms with Crippen molar-refractivity contribution < 1.29 is 9.84 Å². The number of hydrogen-bond acceptors (Lipinski definition) is 3. The molecular weight excluding hydrogens is 226 g/mol. The molecule has 1 saturated heterocycles. The van der Waals surface area contributed by atoms with Crippen molar-refractivity contribution >= 4 is 0 Å². The maximum Gasteiger partial charge on any atom is 0.120 e. The lowest BCUT2D eigenvalue weighted by molar-refractivity contribution is -0.0457. The smallest absolute Gasteiger partial charge is 0.120 e. The lowest BCUT2D eigenvalue weighted by atomic mass is 10.0. The molecule has 0 amide bonds. The van der Waals surface area contributed by atoms with Crippen LogP contribution in [0.3, 0.4) is 0 Å². The van der Waals surface area contributed by atoms with Gasteiger partial charge in [-0.15, -0.1) is 0 Å². The molecule has 1 fully saturated rings. The standard InChI is InChI=1S/C15H23NO2/c1-3-12-11-16(9-10-18-12)14(4-2)13-7-5-6-8-15(13)17/h5-8,12,14,17H,3-4,9-11H2,1-2H3. The molecule has 0 spiro atoms. The van der Waals surface area contributed by atoms with Crippen LogP contribution in [0.25, 0.3) is 0 Å². The number of rotatable bonds is 4. The SMILES string of the molecule is CCC1CN(C(CC)c2ccccc2O)CCO1. The van der Waals surface area contributed by atoms with Crippen LogP contribution in [0.1, 0.15) is 38.3 Å². The number of hydrogen-bond donors (Lipinski definition) is 1. The van der Waals surface area contributed by atoms with Crippen LogP contribution in [0.5, 0.6) is 5.75 Å². The second kappa shape index (κ2) is 6.21. The fourth-order valence-electron chi connectivity index (χ4n) is 2.72. The summed E-state index contributed by atoms with van der Waals surface area (Å²) in [6.07, 6.45) is 2.39. The Morgan fingerprint density at radius 1 is 1.39 bits per heavy atom. The van der Waals surface area contributed by atoms with E-state index in [1.165, 1.54) is 0 Å². The van der Waals surface area contributed by atoms with Crippen LogP contribution in [0, 0.1) is 0 Å². The summed E-state index contributed by atoms with van der Waals surface area (Å²) in [4.78, 5) is 2.44. The van der Waals surface area contributed by atoms with E-state index < -0.39 is 0 Å². The second-order valence-electron chi connectivity index (χ2n) is 4.88. The van der Waals surface area contributed by atoms with Crippen LogP contribution in [0.2, 0.25) is 0 Å². The van der Waals surface area contributed by atoms with Gasteiger partial charge in [0.2, 0.25) is 0 Å². The summed E-state index contributed by atoms with van der Waals surface area (Å²) < 4.78 is 5.71. The van der Waals surface area contributed by atoms with E-state index >= 15 is 0 Å². The predicted octanol–water partition coefficient (Wildman–Crippen LogP) is 2.95. The molecular formula is C15H23NO2. The largest absolute Gasteiger partial charge is 0.508 e. The first-order chi connectivity index (χ1) is 8.76. The highest BCUT2D eigenvalue weighted by Crippen LogP contribution is 2.32. The van der Waals surface area contributed by atoms with Gasteiger partial charge in [0.05, 0.1) is 12.7 Å². The van der Waals surface area contributed by atoms with Gasteiger partial charge in [-0.25, -0.2) is 0 Å². The molecule has 3 heteroatoms. The Morgan fingerprint density at radius 3 is 2.83 bits per heavy atom. The topological polar surface area (TPSA) is 32.7 Å². The zero-order chi connectivity index (χ0) is 13.0. The Bertz CT molecular complexity index is 381. The number of ether oxygens (including phenoxy) is 1. The number of nitrogens with zero attached hydrogens (tertiary/aromatic N) is 1. The molecule has 0 aliphatic carbocycles. The van der Waals surface area contributed by atoms with Crippen LogP contribution < -0.4 is 0 Å². The molecule has 0 aromatic heterocycles. The van der Waals surface area contributed by atoms with Gasteiger partial charge in [-0.05, 0) is 18.9 Å². The molecule has 1 aromatic carbocycles. The zero-order valence-electron chi connectivity index (χ0n) is 11.3. The lowest BCUT2D eigenvalue weighted by Gasteiger charge is -2.38. The van der Waals surface area contributed by atoms with E-state index in [-0.39, 0.29) is 0 Å². The van der Waals surface area contributed by atoms with Crippen molar-refractivity contribution in [3.63, 3.8) is 0 Å². The Kier molecular flexibility index (Phi) is 4.61. The molecule has 3 nitrogen and oxygen atoms in total. The molecule has 0 saturated carbocycles. The number of aromatic hydroxyl groups is 1. The second-order valence-corrected chi connectivity index (χ2v) is 4.88. The van der Waals surface area contributed by atoms with Gasteiger partial charge in [0.1, 0.15) is 5.75 Å². The summed E-state index contributed by atoms with van der Waals surface area (Å²) in [5.74, 6) is 0.406. The number of para-hydroxylation sites is 1. The molecule has 1 aliphatic heterocycles. The molecule has 18 heavy (non-hydrogen) atoms. The fraction of sp³-hybridized carbons (Fsp3) is 0.600.